The molecule has 0 aliphatic rings. The SMILES string of the molecule is C=C(CCNC(=O)c1cc(CC)no1)NC(=O)COc1ccc(Cl)c(F)c1. The van der Waals surface area contributed by atoms with Crippen molar-refractivity contribution in [3.8, 4) is 5.75 Å². The summed E-state index contributed by atoms with van der Waals surface area (Å²) in [5.41, 5.74) is 1.09. The number of nitrogens with one attached hydrogen (secondary N) is 2. The number of aryl methyl sites for hydroxylation is 1. The maximum absolute atomic E-state index is 13.3. The predicted octanol–water partition coefficient (Wildman–Crippen LogP) is 2.86. The first kappa shape index (κ1) is 20.4. The molecule has 0 fully saturated rings. The van der Waals surface area contributed by atoms with Crippen LogP contribution in [0.2, 0.25) is 5.02 Å². The van der Waals surface area contributed by atoms with Crippen LogP contribution in [-0.4, -0.2) is 30.1 Å². The molecular weight excluding hydrogens is 377 g/mol. The smallest absolute Gasteiger partial charge is 0.289 e. The normalized spacial score (nSPS) is 10.3. The van der Waals surface area contributed by atoms with Crippen molar-refractivity contribution in [2.45, 2.75) is 19.8 Å². The Morgan fingerprint density at radius 1 is 1.37 bits per heavy atom. The molecule has 0 aliphatic heterocycles. The lowest BCUT2D eigenvalue weighted by molar-refractivity contribution is -0.122. The van der Waals surface area contributed by atoms with Crippen molar-refractivity contribution in [3.05, 3.63) is 58.8 Å². The highest BCUT2D eigenvalue weighted by atomic mass is 35.5. The zero-order valence-corrected chi connectivity index (χ0v) is 15.4. The number of halogens is 2. The van der Waals surface area contributed by atoms with Gasteiger partial charge < -0.3 is 19.9 Å². The lowest BCUT2D eigenvalue weighted by Crippen LogP contribution is -2.30. The molecule has 0 saturated heterocycles. The van der Waals surface area contributed by atoms with Gasteiger partial charge in [-0.25, -0.2) is 4.39 Å². The first-order valence-corrected chi connectivity index (χ1v) is 8.56. The van der Waals surface area contributed by atoms with Gasteiger partial charge in [-0.2, -0.15) is 0 Å². The van der Waals surface area contributed by atoms with Crippen LogP contribution >= 0.6 is 11.6 Å². The van der Waals surface area contributed by atoms with Gasteiger partial charge in [-0.15, -0.1) is 0 Å². The van der Waals surface area contributed by atoms with Crippen LogP contribution in [0.3, 0.4) is 0 Å². The molecule has 0 unspecified atom stereocenters. The van der Waals surface area contributed by atoms with Crippen LogP contribution in [-0.2, 0) is 11.2 Å². The van der Waals surface area contributed by atoms with Gasteiger partial charge in [0.05, 0.1) is 10.7 Å². The van der Waals surface area contributed by atoms with Crippen molar-refractivity contribution in [3.63, 3.8) is 0 Å². The van der Waals surface area contributed by atoms with Crippen LogP contribution in [0.25, 0.3) is 0 Å². The highest BCUT2D eigenvalue weighted by Crippen LogP contribution is 2.20. The maximum atomic E-state index is 13.3. The minimum Gasteiger partial charge on any atom is -0.484 e. The van der Waals surface area contributed by atoms with Crippen molar-refractivity contribution in [2.24, 2.45) is 0 Å². The first-order chi connectivity index (χ1) is 12.9. The average molecular weight is 396 g/mol. The Balaban J connectivity index is 1.67. The van der Waals surface area contributed by atoms with E-state index >= 15 is 0 Å². The summed E-state index contributed by atoms with van der Waals surface area (Å²) in [6.45, 7) is 5.55. The molecule has 0 radical (unpaired) electrons. The zero-order chi connectivity index (χ0) is 19.8. The van der Waals surface area contributed by atoms with Crippen molar-refractivity contribution < 1.29 is 23.2 Å². The number of rotatable bonds is 9. The summed E-state index contributed by atoms with van der Waals surface area (Å²) in [4.78, 5) is 23.7. The predicted molar refractivity (Wildman–Crippen MR) is 97.0 cm³/mol. The molecule has 0 bridgehead atoms. The third-order valence-corrected chi connectivity index (χ3v) is 3.74. The largest absolute Gasteiger partial charge is 0.484 e. The Labute approximate surface area is 160 Å². The van der Waals surface area contributed by atoms with Crippen LogP contribution in [0.15, 0.2) is 41.1 Å². The van der Waals surface area contributed by atoms with Crippen LogP contribution in [0, 0.1) is 5.82 Å². The summed E-state index contributed by atoms with van der Waals surface area (Å²) >= 11 is 5.57. The molecule has 0 saturated carbocycles. The second-order valence-corrected chi connectivity index (χ2v) is 5.97. The van der Waals surface area contributed by atoms with Crippen molar-refractivity contribution in [2.75, 3.05) is 13.2 Å². The third-order valence-electron chi connectivity index (χ3n) is 3.43. The molecule has 2 aromatic rings. The highest BCUT2D eigenvalue weighted by Gasteiger charge is 2.12. The van der Waals surface area contributed by atoms with Crippen LogP contribution < -0.4 is 15.4 Å². The number of carbonyl (C=O) groups is 2. The molecule has 1 aromatic heterocycles. The molecule has 7 nitrogen and oxygen atoms in total. The van der Waals surface area contributed by atoms with E-state index in [1.54, 1.807) is 6.07 Å². The van der Waals surface area contributed by atoms with Gasteiger partial charge in [-0.05, 0) is 18.6 Å². The molecular formula is C18H19ClFN3O4. The van der Waals surface area contributed by atoms with E-state index in [9.17, 15) is 14.0 Å². The first-order valence-electron chi connectivity index (χ1n) is 8.18. The summed E-state index contributed by atoms with van der Waals surface area (Å²) in [5.74, 6) is -1.17. The number of hydrogen-bond acceptors (Lipinski definition) is 5. The Morgan fingerprint density at radius 2 is 2.15 bits per heavy atom. The van der Waals surface area contributed by atoms with E-state index in [2.05, 4.69) is 22.4 Å². The number of hydrogen-bond donors (Lipinski definition) is 2. The monoisotopic (exact) mass is 395 g/mol. The Morgan fingerprint density at radius 3 is 2.81 bits per heavy atom. The lowest BCUT2D eigenvalue weighted by Gasteiger charge is -2.10. The van der Waals surface area contributed by atoms with Crippen LogP contribution in [0.5, 0.6) is 5.75 Å². The zero-order valence-electron chi connectivity index (χ0n) is 14.7. The summed E-state index contributed by atoms with van der Waals surface area (Å²) < 4.78 is 23.4. The number of amides is 2. The molecule has 144 valence electrons. The van der Waals surface area contributed by atoms with Crippen LogP contribution in [0.4, 0.5) is 4.39 Å². The minimum absolute atomic E-state index is 0.0292. The Hall–Kier alpha value is -2.87. The standard InChI is InChI=1S/C18H19ClFN3O4/c1-3-12-8-16(27-23-12)18(25)21-7-6-11(2)22-17(24)10-26-13-4-5-14(19)15(20)9-13/h4-5,8-9H,2-3,6-7,10H2,1H3,(H,21,25)(H,22,24). The number of aromatic nitrogens is 1. The molecule has 2 rings (SSSR count). The second-order valence-electron chi connectivity index (χ2n) is 5.56. The second kappa shape index (κ2) is 9.72. The fourth-order valence-electron chi connectivity index (χ4n) is 2.01. The topological polar surface area (TPSA) is 93.5 Å². The molecule has 1 aromatic carbocycles. The molecule has 9 heteroatoms. The van der Waals surface area contributed by atoms with Crippen molar-refractivity contribution in [1.29, 1.82) is 0 Å². The minimum atomic E-state index is -0.632. The van der Waals surface area contributed by atoms with Gasteiger partial charge in [0, 0.05) is 30.8 Å². The molecule has 0 aliphatic carbocycles. The molecule has 0 atom stereocenters. The highest BCUT2D eigenvalue weighted by molar-refractivity contribution is 6.30. The van der Waals surface area contributed by atoms with E-state index < -0.39 is 17.6 Å². The molecule has 2 amide bonds. The lowest BCUT2D eigenvalue weighted by atomic mass is 10.3. The summed E-state index contributed by atoms with van der Waals surface area (Å²) in [7, 11) is 0. The molecule has 2 N–H and O–H groups in total. The van der Waals surface area contributed by atoms with E-state index in [0.717, 1.165) is 6.07 Å². The summed E-state index contributed by atoms with van der Waals surface area (Å²) in [6, 6.07) is 5.45. The average Bonchev–Trinajstić information content (AvgIpc) is 3.12. The Bertz CT molecular complexity index is 838. The van der Waals surface area contributed by atoms with E-state index in [4.69, 9.17) is 20.9 Å². The molecule has 0 spiro atoms. The third kappa shape index (κ3) is 6.41. The Kier molecular flexibility index (Phi) is 7.36. The van der Waals surface area contributed by atoms with Gasteiger partial charge >= 0.3 is 0 Å². The van der Waals surface area contributed by atoms with Gasteiger partial charge in [0.25, 0.3) is 11.8 Å². The van der Waals surface area contributed by atoms with Gasteiger partial charge in [0.15, 0.2) is 6.61 Å². The van der Waals surface area contributed by atoms with E-state index in [1.807, 2.05) is 6.92 Å². The molecule has 27 heavy (non-hydrogen) atoms. The van der Waals surface area contributed by atoms with Gasteiger partial charge in [0.1, 0.15) is 11.6 Å². The van der Waals surface area contributed by atoms with E-state index in [0.29, 0.717) is 24.2 Å². The van der Waals surface area contributed by atoms with Crippen LogP contribution in [0.1, 0.15) is 29.6 Å². The number of nitrogens with zero attached hydrogens (tertiary/aromatic N) is 1. The van der Waals surface area contributed by atoms with E-state index in [-0.39, 0.29) is 29.7 Å². The number of carbonyl (C=O) groups excluding carboxylic acids is 2. The number of ether oxygens (including phenoxy) is 1. The fourth-order valence-corrected chi connectivity index (χ4v) is 2.13. The summed E-state index contributed by atoms with van der Waals surface area (Å²) in [5, 5.41) is 8.89. The van der Waals surface area contributed by atoms with E-state index in [1.165, 1.54) is 12.1 Å². The quantitative estimate of drug-likeness (QED) is 0.681. The fraction of sp³-hybridized carbons (Fsp3) is 0.278. The van der Waals surface area contributed by atoms with Crippen molar-refractivity contribution in [1.82, 2.24) is 15.8 Å². The van der Waals surface area contributed by atoms with Gasteiger partial charge in [0.2, 0.25) is 5.76 Å². The summed E-state index contributed by atoms with van der Waals surface area (Å²) in [6.07, 6.45) is 0.992. The van der Waals surface area contributed by atoms with Gasteiger partial charge in [-0.3, -0.25) is 9.59 Å². The van der Waals surface area contributed by atoms with Crippen molar-refractivity contribution >= 4 is 23.4 Å². The van der Waals surface area contributed by atoms with Gasteiger partial charge in [-0.1, -0.05) is 30.3 Å². The molecule has 1 heterocycles. The number of benzene rings is 1. The maximum Gasteiger partial charge on any atom is 0.289 e.